The summed E-state index contributed by atoms with van der Waals surface area (Å²) in [6.45, 7) is 7.15. The summed E-state index contributed by atoms with van der Waals surface area (Å²) in [5.74, 6) is 1.52. The first-order valence-corrected chi connectivity index (χ1v) is 7.52. The Labute approximate surface area is 128 Å². The van der Waals surface area contributed by atoms with E-state index in [2.05, 4.69) is 52.3 Å². The van der Waals surface area contributed by atoms with Crippen LogP contribution in [-0.2, 0) is 7.05 Å². The SMILES string of the molecule is CCNC(C)c1ccc(Oc2cc(C)nn2C)c(Br)c1. The van der Waals surface area contributed by atoms with Gasteiger partial charge < -0.3 is 10.1 Å². The molecule has 0 saturated heterocycles. The fourth-order valence-electron chi connectivity index (χ4n) is 2.09. The zero-order valence-corrected chi connectivity index (χ0v) is 13.9. The molecule has 1 N–H and O–H groups in total. The van der Waals surface area contributed by atoms with Crippen LogP contribution in [0.25, 0.3) is 0 Å². The molecule has 108 valence electrons. The van der Waals surface area contributed by atoms with Gasteiger partial charge in [0.05, 0.1) is 10.2 Å². The van der Waals surface area contributed by atoms with Crippen molar-refractivity contribution in [2.45, 2.75) is 26.8 Å². The normalized spacial score (nSPS) is 12.4. The lowest BCUT2D eigenvalue weighted by atomic mass is 10.1. The molecule has 1 heterocycles. The second kappa shape index (κ2) is 6.41. The van der Waals surface area contributed by atoms with E-state index in [1.54, 1.807) is 4.68 Å². The van der Waals surface area contributed by atoms with Crippen LogP contribution in [0.4, 0.5) is 0 Å². The Kier molecular flexibility index (Phi) is 4.83. The van der Waals surface area contributed by atoms with Crippen molar-refractivity contribution in [1.29, 1.82) is 0 Å². The first-order chi connectivity index (χ1) is 9.51. The number of nitrogens with zero attached hydrogens (tertiary/aromatic N) is 2. The van der Waals surface area contributed by atoms with Gasteiger partial charge in [-0.25, -0.2) is 4.68 Å². The maximum atomic E-state index is 5.89. The Balaban J connectivity index is 2.19. The van der Waals surface area contributed by atoms with Gasteiger partial charge in [0.15, 0.2) is 0 Å². The minimum atomic E-state index is 0.323. The van der Waals surface area contributed by atoms with Crippen LogP contribution >= 0.6 is 15.9 Å². The van der Waals surface area contributed by atoms with Crippen LogP contribution in [0.5, 0.6) is 11.6 Å². The fourth-order valence-corrected chi connectivity index (χ4v) is 2.57. The molecule has 0 fully saturated rings. The molecule has 20 heavy (non-hydrogen) atoms. The molecule has 0 spiro atoms. The van der Waals surface area contributed by atoms with Crippen molar-refractivity contribution >= 4 is 15.9 Å². The molecular formula is C15H20BrN3O. The molecule has 0 aliphatic rings. The number of hydrogen-bond acceptors (Lipinski definition) is 3. The third kappa shape index (κ3) is 3.41. The van der Waals surface area contributed by atoms with Crippen molar-refractivity contribution in [1.82, 2.24) is 15.1 Å². The number of aryl methyl sites for hydroxylation is 2. The van der Waals surface area contributed by atoms with E-state index in [0.29, 0.717) is 6.04 Å². The summed E-state index contributed by atoms with van der Waals surface area (Å²) < 4.78 is 8.56. The van der Waals surface area contributed by atoms with E-state index in [-0.39, 0.29) is 0 Å². The molecule has 1 aromatic carbocycles. The first kappa shape index (κ1) is 15.1. The minimum Gasteiger partial charge on any atom is -0.438 e. The summed E-state index contributed by atoms with van der Waals surface area (Å²) in [5, 5.41) is 7.67. The number of benzene rings is 1. The van der Waals surface area contributed by atoms with Gasteiger partial charge in [0, 0.05) is 19.2 Å². The Morgan fingerprint density at radius 3 is 2.70 bits per heavy atom. The summed E-state index contributed by atoms with van der Waals surface area (Å²) in [7, 11) is 1.87. The third-order valence-corrected chi connectivity index (χ3v) is 3.76. The average molecular weight is 338 g/mol. The highest BCUT2D eigenvalue weighted by atomic mass is 79.9. The lowest BCUT2D eigenvalue weighted by Crippen LogP contribution is -2.17. The summed E-state index contributed by atoms with van der Waals surface area (Å²) in [6, 6.07) is 8.39. The van der Waals surface area contributed by atoms with Gasteiger partial charge >= 0.3 is 0 Å². The Bertz CT molecular complexity index is 595. The third-order valence-electron chi connectivity index (χ3n) is 3.14. The van der Waals surface area contributed by atoms with Gasteiger partial charge in [-0.3, -0.25) is 0 Å². The number of halogens is 1. The van der Waals surface area contributed by atoms with Gasteiger partial charge in [-0.1, -0.05) is 13.0 Å². The number of ether oxygens (including phenoxy) is 1. The fraction of sp³-hybridized carbons (Fsp3) is 0.400. The maximum absolute atomic E-state index is 5.89. The molecule has 0 aliphatic carbocycles. The van der Waals surface area contributed by atoms with Gasteiger partial charge in [0.2, 0.25) is 5.88 Å². The highest BCUT2D eigenvalue weighted by Crippen LogP contribution is 2.32. The Morgan fingerprint density at radius 2 is 2.15 bits per heavy atom. The summed E-state index contributed by atoms with van der Waals surface area (Å²) in [6.07, 6.45) is 0. The molecule has 0 radical (unpaired) electrons. The molecule has 2 aromatic rings. The standard InChI is InChI=1S/C15H20BrN3O/c1-5-17-11(3)12-6-7-14(13(16)9-12)20-15-8-10(2)18-19(15)4/h6-9,11,17H,5H2,1-4H3. The van der Waals surface area contributed by atoms with Crippen LogP contribution < -0.4 is 10.1 Å². The van der Waals surface area contributed by atoms with Crippen molar-refractivity contribution in [3.63, 3.8) is 0 Å². The molecule has 0 bridgehead atoms. The summed E-state index contributed by atoms with van der Waals surface area (Å²) in [5.41, 5.74) is 2.17. The van der Waals surface area contributed by atoms with Crippen molar-refractivity contribution in [3.05, 3.63) is 40.0 Å². The topological polar surface area (TPSA) is 39.1 Å². The van der Waals surface area contributed by atoms with Gasteiger partial charge in [-0.05, 0) is 54.0 Å². The molecule has 1 atom stereocenters. The van der Waals surface area contributed by atoms with Crippen LogP contribution in [0.3, 0.4) is 0 Å². The lowest BCUT2D eigenvalue weighted by Gasteiger charge is -2.14. The number of aromatic nitrogens is 2. The van der Waals surface area contributed by atoms with Crippen molar-refractivity contribution in [2.24, 2.45) is 7.05 Å². The van der Waals surface area contributed by atoms with E-state index >= 15 is 0 Å². The molecule has 4 nitrogen and oxygen atoms in total. The highest BCUT2D eigenvalue weighted by molar-refractivity contribution is 9.10. The molecule has 1 aromatic heterocycles. The Morgan fingerprint density at radius 1 is 1.40 bits per heavy atom. The predicted molar refractivity (Wildman–Crippen MR) is 84.3 cm³/mol. The molecular weight excluding hydrogens is 318 g/mol. The van der Waals surface area contributed by atoms with E-state index in [1.165, 1.54) is 5.56 Å². The van der Waals surface area contributed by atoms with Gasteiger partial charge in [-0.15, -0.1) is 0 Å². The van der Waals surface area contributed by atoms with Crippen molar-refractivity contribution in [3.8, 4) is 11.6 Å². The zero-order chi connectivity index (χ0) is 14.7. The quantitative estimate of drug-likeness (QED) is 0.897. The largest absolute Gasteiger partial charge is 0.438 e. The van der Waals surface area contributed by atoms with E-state index in [0.717, 1.165) is 28.3 Å². The number of hydrogen-bond donors (Lipinski definition) is 1. The average Bonchev–Trinajstić information content (AvgIpc) is 2.70. The van der Waals surface area contributed by atoms with Gasteiger partial charge in [-0.2, -0.15) is 5.10 Å². The Hall–Kier alpha value is -1.33. The van der Waals surface area contributed by atoms with Gasteiger partial charge in [0.25, 0.3) is 0 Å². The summed E-state index contributed by atoms with van der Waals surface area (Å²) >= 11 is 3.57. The van der Waals surface area contributed by atoms with Gasteiger partial charge in [0.1, 0.15) is 5.75 Å². The predicted octanol–water partition coefficient (Wildman–Crippen LogP) is 3.95. The van der Waals surface area contributed by atoms with Crippen molar-refractivity contribution in [2.75, 3.05) is 6.54 Å². The molecule has 1 unspecified atom stereocenters. The summed E-state index contributed by atoms with van der Waals surface area (Å²) in [4.78, 5) is 0. The molecule has 5 heteroatoms. The highest BCUT2D eigenvalue weighted by Gasteiger charge is 2.10. The van der Waals surface area contributed by atoms with E-state index in [1.807, 2.05) is 26.1 Å². The molecule has 0 aliphatic heterocycles. The smallest absolute Gasteiger partial charge is 0.217 e. The van der Waals surface area contributed by atoms with Crippen LogP contribution in [0, 0.1) is 6.92 Å². The van der Waals surface area contributed by atoms with Crippen LogP contribution in [0.2, 0.25) is 0 Å². The molecule has 2 rings (SSSR count). The van der Waals surface area contributed by atoms with E-state index < -0.39 is 0 Å². The van der Waals surface area contributed by atoms with Crippen LogP contribution in [-0.4, -0.2) is 16.3 Å². The minimum absolute atomic E-state index is 0.323. The monoisotopic (exact) mass is 337 g/mol. The van der Waals surface area contributed by atoms with E-state index in [9.17, 15) is 0 Å². The lowest BCUT2D eigenvalue weighted by molar-refractivity contribution is 0.428. The number of rotatable bonds is 5. The number of nitrogens with one attached hydrogen (secondary N) is 1. The van der Waals surface area contributed by atoms with E-state index in [4.69, 9.17) is 4.74 Å². The second-order valence-electron chi connectivity index (χ2n) is 4.82. The van der Waals surface area contributed by atoms with Crippen LogP contribution in [0.1, 0.15) is 31.1 Å². The maximum Gasteiger partial charge on any atom is 0.217 e. The van der Waals surface area contributed by atoms with Crippen LogP contribution in [0.15, 0.2) is 28.7 Å². The zero-order valence-electron chi connectivity index (χ0n) is 12.3. The molecule has 0 amide bonds. The molecule has 0 saturated carbocycles. The first-order valence-electron chi connectivity index (χ1n) is 6.72. The van der Waals surface area contributed by atoms with Crippen molar-refractivity contribution < 1.29 is 4.74 Å². The second-order valence-corrected chi connectivity index (χ2v) is 5.67.